The normalized spacial score (nSPS) is 12.2. The van der Waals surface area contributed by atoms with E-state index in [4.69, 9.17) is 4.74 Å². The number of benzene rings is 9. The fraction of sp³-hybridized carbons (Fsp3) is 0. The van der Waals surface area contributed by atoms with Crippen LogP contribution in [0.15, 0.2) is 176 Å². The van der Waals surface area contributed by atoms with Gasteiger partial charge in [-0.2, -0.15) is 0 Å². The van der Waals surface area contributed by atoms with Crippen LogP contribution >= 0.6 is 0 Å². The highest BCUT2D eigenvalue weighted by Gasteiger charge is 2.21. The molecule has 0 saturated heterocycles. The lowest BCUT2D eigenvalue weighted by atomic mass is 9.90. The van der Waals surface area contributed by atoms with Gasteiger partial charge in [0.15, 0.2) is 0 Å². The second kappa shape index (κ2) is 10.4. The molecule has 1 aliphatic heterocycles. The monoisotopic (exact) mass is 635 g/mol. The number of para-hydroxylation sites is 1. The molecule has 2 nitrogen and oxygen atoms in total. The van der Waals surface area contributed by atoms with Gasteiger partial charge in [0, 0.05) is 32.8 Å². The Morgan fingerprint density at radius 1 is 0.360 bits per heavy atom. The summed E-state index contributed by atoms with van der Waals surface area (Å²) >= 11 is 0. The third-order valence-electron chi connectivity index (χ3n) is 10.6. The Kier molecular flexibility index (Phi) is 5.70. The zero-order chi connectivity index (χ0) is 32.8. The third kappa shape index (κ3) is 3.90. The minimum atomic E-state index is 0.910. The summed E-state index contributed by atoms with van der Waals surface area (Å²) in [6.07, 6.45) is 0. The zero-order valence-electron chi connectivity index (χ0n) is 27.1. The molecule has 0 unspecified atom stereocenters. The molecule has 0 atom stereocenters. The molecule has 10 aromatic rings. The molecule has 50 heavy (non-hydrogen) atoms. The van der Waals surface area contributed by atoms with Crippen molar-refractivity contribution >= 4 is 54.1 Å². The zero-order valence-corrected chi connectivity index (χ0v) is 27.1. The van der Waals surface area contributed by atoms with Crippen LogP contribution in [-0.2, 0) is 0 Å². The van der Waals surface area contributed by atoms with Crippen LogP contribution < -0.4 is 4.74 Å². The summed E-state index contributed by atoms with van der Waals surface area (Å²) in [6, 6.07) is 63.8. The van der Waals surface area contributed by atoms with Crippen LogP contribution in [0.2, 0.25) is 0 Å². The fourth-order valence-corrected chi connectivity index (χ4v) is 8.32. The van der Waals surface area contributed by atoms with Gasteiger partial charge in [-0.3, -0.25) is 0 Å². The summed E-state index contributed by atoms with van der Waals surface area (Å²) < 4.78 is 8.83. The van der Waals surface area contributed by atoms with Gasteiger partial charge in [0.25, 0.3) is 0 Å². The molecule has 0 amide bonds. The van der Waals surface area contributed by atoms with Crippen molar-refractivity contribution in [2.24, 2.45) is 0 Å². The Morgan fingerprint density at radius 2 is 1.06 bits per heavy atom. The van der Waals surface area contributed by atoms with Crippen molar-refractivity contribution in [1.82, 2.24) is 4.57 Å². The molecule has 0 fully saturated rings. The molecular weight excluding hydrogens is 607 g/mol. The van der Waals surface area contributed by atoms with Crippen molar-refractivity contribution < 1.29 is 4.74 Å². The first kappa shape index (κ1) is 27.3. The maximum atomic E-state index is 6.37. The molecule has 2 heterocycles. The SMILES string of the molecule is c1cc(-c2ccc(-n3c4ccc5ccccc5c4c4ccc5ccccc5c43)cc2)cc(-c2ccc3c4c(cccc24)-c2ccccc2O3)c1. The molecule has 9 aromatic carbocycles. The summed E-state index contributed by atoms with van der Waals surface area (Å²) in [5.74, 6) is 1.82. The van der Waals surface area contributed by atoms with E-state index in [0.717, 1.165) is 22.7 Å². The van der Waals surface area contributed by atoms with Crippen molar-refractivity contribution in [2.75, 3.05) is 0 Å². The summed E-state index contributed by atoms with van der Waals surface area (Å²) in [7, 11) is 0. The molecule has 0 bridgehead atoms. The maximum Gasteiger partial charge on any atom is 0.135 e. The molecule has 0 radical (unpaired) electrons. The number of hydrogen-bond acceptors (Lipinski definition) is 1. The predicted octanol–water partition coefficient (Wildman–Crippen LogP) is 13.3. The Labute approximate surface area is 289 Å². The van der Waals surface area contributed by atoms with Gasteiger partial charge < -0.3 is 9.30 Å². The second-order valence-corrected chi connectivity index (χ2v) is 13.3. The van der Waals surface area contributed by atoms with E-state index in [1.54, 1.807) is 0 Å². The van der Waals surface area contributed by atoms with E-state index < -0.39 is 0 Å². The molecule has 1 aliphatic rings. The molecule has 1 aromatic heterocycles. The first-order chi connectivity index (χ1) is 24.8. The summed E-state index contributed by atoms with van der Waals surface area (Å²) in [5, 5.41) is 10.0. The smallest absolute Gasteiger partial charge is 0.135 e. The van der Waals surface area contributed by atoms with Crippen LogP contribution in [0.5, 0.6) is 11.5 Å². The number of fused-ring (bicyclic) bond motifs is 9. The first-order valence-corrected chi connectivity index (χ1v) is 17.2. The van der Waals surface area contributed by atoms with E-state index in [0.29, 0.717) is 0 Å². The van der Waals surface area contributed by atoms with E-state index in [-0.39, 0.29) is 0 Å². The van der Waals surface area contributed by atoms with E-state index in [1.807, 2.05) is 12.1 Å². The highest BCUT2D eigenvalue weighted by molar-refractivity contribution is 6.26. The average molecular weight is 636 g/mol. The minimum Gasteiger partial charge on any atom is -0.456 e. The lowest BCUT2D eigenvalue weighted by Gasteiger charge is -2.22. The van der Waals surface area contributed by atoms with Gasteiger partial charge in [0.05, 0.1) is 11.0 Å². The number of nitrogens with zero attached hydrogens (tertiary/aromatic N) is 1. The van der Waals surface area contributed by atoms with Gasteiger partial charge in [-0.25, -0.2) is 0 Å². The van der Waals surface area contributed by atoms with Crippen LogP contribution in [-0.4, -0.2) is 4.57 Å². The van der Waals surface area contributed by atoms with Gasteiger partial charge in [-0.05, 0) is 85.8 Å². The Hall–Kier alpha value is -6.64. The second-order valence-electron chi connectivity index (χ2n) is 13.3. The Morgan fingerprint density at radius 3 is 1.96 bits per heavy atom. The highest BCUT2D eigenvalue weighted by Crippen LogP contribution is 2.48. The van der Waals surface area contributed by atoms with Gasteiger partial charge in [-0.1, -0.05) is 140 Å². The predicted molar refractivity (Wildman–Crippen MR) is 210 cm³/mol. The van der Waals surface area contributed by atoms with Crippen molar-refractivity contribution in [2.45, 2.75) is 0 Å². The molecular formula is C48H29NO. The van der Waals surface area contributed by atoms with Gasteiger partial charge in [0.1, 0.15) is 11.5 Å². The van der Waals surface area contributed by atoms with Crippen molar-refractivity contribution in [1.29, 1.82) is 0 Å². The van der Waals surface area contributed by atoms with Gasteiger partial charge in [0.2, 0.25) is 0 Å². The molecule has 0 saturated carbocycles. The van der Waals surface area contributed by atoms with Gasteiger partial charge >= 0.3 is 0 Å². The van der Waals surface area contributed by atoms with E-state index in [9.17, 15) is 0 Å². The van der Waals surface area contributed by atoms with Crippen molar-refractivity contribution in [3.8, 4) is 50.6 Å². The summed E-state index contributed by atoms with van der Waals surface area (Å²) in [6.45, 7) is 0. The summed E-state index contributed by atoms with van der Waals surface area (Å²) in [4.78, 5) is 0. The topological polar surface area (TPSA) is 14.2 Å². The van der Waals surface area contributed by atoms with Crippen LogP contribution in [0.1, 0.15) is 0 Å². The lowest BCUT2D eigenvalue weighted by molar-refractivity contribution is 0.487. The number of ether oxygens (including phenoxy) is 1. The van der Waals surface area contributed by atoms with E-state index in [1.165, 1.54) is 81.9 Å². The largest absolute Gasteiger partial charge is 0.456 e. The molecule has 2 heteroatoms. The Balaban J connectivity index is 1.05. The standard InChI is InChI=1S/C48H29NO/c1-3-13-37-31(9-1)22-27-43-46(37)42-25-21-32-10-2-4-14-38(32)48(42)49(43)35-23-19-30(20-24-35)33-11-7-12-34(29-33)36-26-28-45-47-40(36)16-8-17-41(47)39-15-5-6-18-44(39)50-45/h1-29H. The fourth-order valence-electron chi connectivity index (χ4n) is 8.32. The molecule has 232 valence electrons. The van der Waals surface area contributed by atoms with Crippen LogP contribution in [0.3, 0.4) is 0 Å². The van der Waals surface area contributed by atoms with Gasteiger partial charge in [-0.15, -0.1) is 0 Å². The summed E-state index contributed by atoms with van der Waals surface area (Å²) in [5.41, 5.74) is 10.8. The first-order valence-electron chi connectivity index (χ1n) is 17.2. The van der Waals surface area contributed by atoms with E-state index >= 15 is 0 Å². The Bertz CT molecular complexity index is 3000. The number of rotatable bonds is 3. The molecule has 0 spiro atoms. The molecule has 0 aliphatic carbocycles. The van der Waals surface area contributed by atoms with Crippen molar-refractivity contribution in [3.63, 3.8) is 0 Å². The third-order valence-corrected chi connectivity index (χ3v) is 10.6. The lowest BCUT2D eigenvalue weighted by Crippen LogP contribution is -1.97. The highest BCUT2D eigenvalue weighted by atomic mass is 16.5. The molecule has 0 N–H and O–H groups in total. The van der Waals surface area contributed by atoms with E-state index in [2.05, 4.69) is 168 Å². The number of aromatic nitrogens is 1. The molecule has 11 rings (SSSR count). The van der Waals surface area contributed by atoms with Crippen LogP contribution in [0, 0.1) is 0 Å². The minimum absolute atomic E-state index is 0.910. The van der Waals surface area contributed by atoms with Crippen LogP contribution in [0.25, 0.3) is 93.2 Å². The quantitative estimate of drug-likeness (QED) is 0.188. The average Bonchev–Trinajstić information content (AvgIpc) is 3.54. The van der Waals surface area contributed by atoms with Crippen LogP contribution in [0.4, 0.5) is 0 Å². The maximum absolute atomic E-state index is 6.37. The number of hydrogen-bond donors (Lipinski definition) is 0. The van der Waals surface area contributed by atoms with Crippen molar-refractivity contribution in [3.05, 3.63) is 176 Å².